The lowest BCUT2D eigenvalue weighted by molar-refractivity contribution is 0.660. The zero-order valence-electron chi connectivity index (χ0n) is 66.7. The van der Waals surface area contributed by atoms with Crippen molar-refractivity contribution in [3.63, 3.8) is 0 Å². The van der Waals surface area contributed by atoms with Crippen LogP contribution in [-0.2, 0) is 10.8 Å². The van der Waals surface area contributed by atoms with Crippen molar-refractivity contribution in [2.45, 2.75) is 38.5 Å². The molecular formula is C114H79N3S3. The monoisotopic (exact) mass is 1590 g/mol. The maximum atomic E-state index is 2.47. The molecular weight excluding hydrogens is 1510 g/mol. The van der Waals surface area contributed by atoms with Crippen molar-refractivity contribution in [1.29, 1.82) is 0 Å². The number of thiophene rings is 3. The molecule has 0 amide bonds. The van der Waals surface area contributed by atoms with Gasteiger partial charge in [0.2, 0.25) is 0 Å². The van der Waals surface area contributed by atoms with Gasteiger partial charge in [-0.1, -0.05) is 289 Å². The highest BCUT2D eigenvalue weighted by molar-refractivity contribution is 7.27. The van der Waals surface area contributed by atoms with Crippen LogP contribution in [0.1, 0.15) is 49.9 Å². The summed E-state index contributed by atoms with van der Waals surface area (Å²) in [7, 11) is 0. The Labute approximate surface area is 710 Å². The van der Waals surface area contributed by atoms with E-state index in [-0.39, 0.29) is 10.8 Å². The Morgan fingerprint density at radius 2 is 0.558 bits per heavy atom. The van der Waals surface area contributed by atoms with E-state index < -0.39 is 0 Å². The zero-order valence-corrected chi connectivity index (χ0v) is 69.2. The molecule has 22 aromatic rings. The SMILES string of the molecule is CC1(C)c2ccccc2-c2ccc(N(c3ccc(-c4ccccc4)cc3)c3cc(-c4ccc5sc6ccccc6c5c4)c4sc5ccccc5c4c3)cc21.CC1(C)c2ccccc2-c2ccc(N(c3ccc(-c4ccccc4)cc3)c3ccc(-c4cc(-c5ccc6c(c5)c5ccccc5n6-c5ccccc5)c5sc6ccccc6c5c4)cc3)cc21. The summed E-state index contributed by atoms with van der Waals surface area (Å²) < 4.78 is 10.3. The fraction of sp³-hybridized carbons (Fsp3) is 0.0526. The number of anilines is 6. The van der Waals surface area contributed by atoms with Crippen LogP contribution in [-0.4, -0.2) is 4.57 Å². The second-order valence-corrected chi connectivity index (χ2v) is 36.2. The third kappa shape index (κ3) is 11.8. The minimum absolute atomic E-state index is 0.109. The number of benzene rings is 18. The number of fused-ring (bicyclic) bond motifs is 18. The van der Waals surface area contributed by atoms with Crippen LogP contribution in [0.3, 0.4) is 0 Å². The Balaban J connectivity index is 0.000000143. The Bertz CT molecular complexity index is 7820. The summed E-state index contributed by atoms with van der Waals surface area (Å²) in [4.78, 5) is 4.89. The summed E-state index contributed by atoms with van der Waals surface area (Å²) in [6, 6.07) is 150. The Morgan fingerprint density at radius 1 is 0.200 bits per heavy atom. The van der Waals surface area contributed by atoms with Gasteiger partial charge in [-0.15, -0.1) is 34.0 Å². The molecule has 0 fully saturated rings. The van der Waals surface area contributed by atoms with Gasteiger partial charge in [0.1, 0.15) is 0 Å². The fourth-order valence-electron chi connectivity index (χ4n) is 19.5. The molecule has 24 rings (SSSR count). The molecule has 0 atom stereocenters. The van der Waals surface area contributed by atoms with E-state index in [0.717, 1.165) is 34.1 Å². The molecule has 2 aliphatic rings. The van der Waals surface area contributed by atoms with Crippen LogP contribution in [0, 0.1) is 0 Å². The lowest BCUT2D eigenvalue weighted by atomic mass is 9.82. The van der Waals surface area contributed by atoms with Crippen molar-refractivity contribution in [2.24, 2.45) is 0 Å². The summed E-state index contributed by atoms with van der Waals surface area (Å²) in [6.45, 7) is 9.45. The Kier molecular flexibility index (Phi) is 16.9. The van der Waals surface area contributed by atoms with Crippen molar-refractivity contribution in [3.8, 4) is 83.6 Å². The van der Waals surface area contributed by atoms with Crippen LogP contribution < -0.4 is 9.80 Å². The minimum Gasteiger partial charge on any atom is -0.310 e. The molecule has 0 spiro atoms. The Morgan fingerprint density at radius 3 is 1.10 bits per heavy atom. The van der Waals surface area contributed by atoms with Crippen LogP contribution in [0.4, 0.5) is 34.1 Å². The van der Waals surface area contributed by atoms with Gasteiger partial charge in [-0.25, -0.2) is 0 Å². The average Bonchev–Trinajstić information content (AvgIpc) is 1.51. The third-order valence-corrected chi connectivity index (χ3v) is 29.1. The van der Waals surface area contributed by atoms with E-state index in [1.807, 2.05) is 34.0 Å². The smallest absolute Gasteiger partial charge is 0.0541 e. The van der Waals surface area contributed by atoms with Crippen molar-refractivity contribution in [1.82, 2.24) is 4.57 Å². The van der Waals surface area contributed by atoms with Crippen LogP contribution in [0.2, 0.25) is 0 Å². The lowest BCUT2D eigenvalue weighted by Crippen LogP contribution is -2.16. The third-order valence-electron chi connectivity index (χ3n) is 25.5. The molecule has 18 aromatic carbocycles. The highest BCUT2D eigenvalue weighted by Crippen LogP contribution is 2.55. The number of nitrogens with zero attached hydrogens (tertiary/aromatic N) is 3. The van der Waals surface area contributed by atoms with Gasteiger partial charge in [-0.2, -0.15) is 0 Å². The van der Waals surface area contributed by atoms with Gasteiger partial charge in [0.05, 0.1) is 11.0 Å². The highest BCUT2D eigenvalue weighted by atomic mass is 32.1. The molecule has 120 heavy (non-hydrogen) atoms. The fourth-order valence-corrected chi connectivity index (χ4v) is 23.0. The van der Waals surface area contributed by atoms with Crippen molar-refractivity contribution in [2.75, 3.05) is 9.80 Å². The molecule has 0 radical (unpaired) electrons. The first-order valence-corrected chi connectivity index (χ1v) is 43.9. The number of para-hydroxylation sites is 2. The van der Waals surface area contributed by atoms with E-state index in [4.69, 9.17) is 0 Å². The number of rotatable bonds is 12. The van der Waals surface area contributed by atoms with Crippen LogP contribution in [0.15, 0.2) is 406 Å². The van der Waals surface area contributed by atoms with Gasteiger partial charge in [-0.3, -0.25) is 0 Å². The minimum atomic E-state index is -0.111. The molecule has 0 unspecified atom stereocenters. The molecule has 0 saturated heterocycles. The zero-order chi connectivity index (χ0) is 79.9. The molecule has 2 aliphatic carbocycles. The molecule has 0 aliphatic heterocycles. The summed E-state index contributed by atoms with van der Waals surface area (Å²) >= 11 is 5.66. The van der Waals surface area contributed by atoms with E-state index in [2.05, 4.69) is 449 Å². The van der Waals surface area contributed by atoms with Crippen molar-refractivity contribution in [3.05, 3.63) is 429 Å². The van der Waals surface area contributed by atoms with Gasteiger partial charge in [0, 0.05) is 133 Å². The standard InChI is InChI=1S/C63H44N2S.C51H35NS2/c1-63(2)57-22-12-9-19-50(57)51-35-34-49(40-58(51)63)64(47-30-25-42(26-31-47)41-15-5-3-6-16-41)48-32-27-43(28-33-48)45-38-54(62-56(39-45)53-21-11-14-24-61(53)66-62)44-29-36-60-55(37-44)52-20-10-13-23-59(52)65(60)46-17-7-4-8-18-46;1-51(2)45-17-9-6-14-38(45)39-26-25-36(31-46(39)51)52(35-23-20-33(21-24-35)32-12-4-3-5-13-32)37-29-42(50-44(30-37)41-16-8-11-19-48(41)54-50)34-22-27-49-43(28-34)40-15-7-10-18-47(40)53-49/h3-40H,1-2H3;3-31H,1-2H3. The summed E-state index contributed by atoms with van der Waals surface area (Å²) in [5, 5.41) is 10.3. The van der Waals surface area contributed by atoms with Gasteiger partial charge < -0.3 is 14.4 Å². The maximum absolute atomic E-state index is 2.47. The Hall–Kier alpha value is -14.0. The van der Waals surface area contributed by atoms with Gasteiger partial charge in [0.15, 0.2) is 0 Å². The molecule has 4 aromatic heterocycles. The summed E-state index contributed by atoms with van der Waals surface area (Å²) in [6.07, 6.45) is 0. The molecule has 568 valence electrons. The van der Waals surface area contributed by atoms with E-state index in [9.17, 15) is 0 Å². The van der Waals surface area contributed by atoms with Gasteiger partial charge in [-0.05, 0) is 235 Å². The van der Waals surface area contributed by atoms with Crippen molar-refractivity contribution < 1.29 is 0 Å². The molecule has 4 heterocycles. The molecule has 0 N–H and O–H groups in total. The maximum Gasteiger partial charge on any atom is 0.0541 e. The molecule has 6 heteroatoms. The highest BCUT2D eigenvalue weighted by Gasteiger charge is 2.38. The second-order valence-electron chi connectivity index (χ2n) is 33.0. The summed E-state index contributed by atoms with van der Waals surface area (Å²) in [5.74, 6) is 0. The number of hydrogen-bond donors (Lipinski definition) is 0. The normalized spacial score (nSPS) is 13.0. The average molecular weight is 1590 g/mol. The van der Waals surface area contributed by atoms with Crippen LogP contribution in [0.25, 0.3) is 166 Å². The van der Waals surface area contributed by atoms with Crippen molar-refractivity contribution >= 4 is 150 Å². The van der Waals surface area contributed by atoms with E-state index >= 15 is 0 Å². The molecule has 0 saturated carbocycles. The van der Waals surface area contributed by atoms with E-state index in [0.29, 0.717) is 0 Å². The first-order valence-electron chi connectivity index (χ1n) is 41.4. The second kappa shape index (κ2) is 28.4. The molecule has 3 nitrogen and oxygen atoms in total. The van der Waals surface area contributed by atoms with E-state index in [1.54, 1.807) is 0 Å². The van der Waals surface area contributed by atoms with Gasteiger partial charge >= 0.3 is 0 Å². The number of aromatic nitrogens is 1. The summed E-state index contributed by atoms with van der Waals surface area (Å²) in [5.41, 5.74) is 33.2. The predicted octanol–water partition coefficient (Wildman–Crippen LogP) is 33.5. The quantitative estimate of drug-likeness (QED) is 0.121. The predicted molar refractivity (Wildman–Crippen MR) is 518 cm³/mol. The lowest BCUT2D eigenvalue weighted by Gasteiger charge is -2.29. The van der Waals surface area contributed by atoms with E-state index in [1.165, 1.54) is 188 Å². The van der Waals surface area contributed by atoms with Gasteiger partial charge in [0.25, 0.3) is 0 Å². The molecule has 0 bridgehead atoms. The first kappa shape index (κ1) is 71.3. The number of hydrogen-bond acceptors (Lipinski definition) is 5. The topological polar surface area (TPSA) is 11.4 Å². The van der Waals surface area contributed by atoms with Crippen LogP contribution in [0.5, 0.6) is 0 Å². The first-order chi connectivity index (χ1) is 59.0. The largest absolute Gasteiger partial charge is 0.310 e. The van der Waals surface area contributed by atoms with Crippen LogP contribution >= 0.6 is 34.0 Å².